The summed E-state index contributed by atoms with van der Waals surface area (Å²) in [6.07, 6.45) is 4.81. The number of rotatable bonds is 2. The maximum absolute atomic E-state index is 10.9. The molecule has 1 heterocycles. The summed E-state index contributed by atoms with van der Waals surface area (Å²) in [7, 11) is 0. The number of hydrogen-bond donors (Lipinski definition) is 1. The van der Waals surface area contributed by atoms with Gasteiger partial charge in [0.2, 0.25) is 5.91 Å². The summed E-state index contributed by atoms with van der Waals surface area (Å²) in [5.41, 5.74) is 1.19. The zero-order valence-corrected chi connectivity index (χ0v) is 7.94. The van der Waals surface area contributed by atoms with Crippen molar-refractivity contribution in [3.8, 4) is 0 Å². The topological polar surface area (TPSA) is 29.1 Å². The van der Waals surface area contributed by atoms with Gasteiger partial charge in [0, 0.05) is 18.9 Å². The molecule has 1 atom stereocenters. The van der Waals surface area contributed by atoms with Crippen molar-refractivity contribution in [3.63, 3.8) is 0 Å². The SMILES string of the molecule is O=C1CC(/C=C/c2ccccc2)CN1. The van der Waals surface area contributed by atoms with Gasteiger partial charge in [-0.15, -0.1) is 0 Å². The van der Waals surface area contributed by atoms with Crippen LogP contribution in [-0.4, -0.2) is 12.5 Å². The van der Waals surface area contributed by atoms with Crippen LogP contribution in [-0.2, 0) is 4.79 Å². The molecule has 1 unspecified atom stereocenters. The van der Waals surface area contributed by atoms with Gasteiger partial charge >= 0.3 is 0 Å². The zero-order valence-electron chi connectivity index (χ0n) is 7.94. The summed E-state index contributed by atoms with van der Waals surface area (Å²) in [6.45, 7) is 0.780. The Morgan fingerprint density at radius 3 is 2.71 bits per heavy atom. The van der Waals surface area contributed by atoms with Crippen LogP contribution in [0.2, 0.25) is 0 Å². The van der Waals surface area contributed by atoms with Gasteiger partial charge in [-0.1, -0.05) is 42.5 Å². The van der Waals surface area contributed by atoms with E-state index in [9.17, 15) is 4.79 Å². The van der Waals surface area contributed by atoms with Crippen molar-refractivity contribution >= 4 is 12.0 Å². The molecule has 0 radical (unpaired) electrons. The lowest BCUT2D eigenvalue weighted by Crippen LogP contribution is -2.13. The molecule has 1 aliphatic heterocycles. The van der Waals surface area contributed by atoms with E-state index in [1.165, 1.54) is 5.56 Å². The first kappa shape index (κ1) is 9.00. The van der Waals surface area contributed by atoms with Crippen molar-refractivity contribution in [3.05, 3.63) is 42.0 Å². The van der Waals surface area contributed by atoms with Gasteiger partial charge in [0.05, 0.1) is 0 Å². The fourth-order valence-corrected chi connectivity index (χ4v) is 1.57. The molecular weight excluding hydrogens is 174 g/mol. The summed E-state index contributed by atoms with van der Waals surface area (Å²) >= 11 is 0. The minimum atomic E-state index is 0.160. The normalized spacial score (nSPS) is 21.4. The van der Waals surface area contributed by atoms with E-state index in [0.29, 0.717) is 12.3 Å². The Morgan fingerprint density at radius 1 is 1.29 bits per heavy atom. The van der Waals surface area contributed by atoms with Crippen molar-refractivity contribution in [2.75, 3.05) is 6.54 Å². The van der Waals surface area contributed by atoms with Gasteiger partial charge in [0.1, 0.15) is 0 Å². The molecule has 0 aliphatic carbocycles. The largest absolute Gasteiger partial charge is 0.355 e. The van der Waals surface area contributed by atoms with Gasteiger partial charge in [-0.3, -0.25) is 4.79 Å². The van der Waals surface area contributed by atoms with Crippen molar-refractivity contribution < 1.29 is 4.79 Å². The number of hydrogen-bond acceptors (Lipinski definition) is 1. The Kier molecular flexibility index (Phi) is 2.63. The third-order valence-corrected chi connectivity index (χ3v) is 2.37. The van der Waals surface area contributed by atoms with Gasteiger partial charge < -0.3 is 5.32 Å². The van der Waals surface area contributed by atoms with Crippen LogP contribution in [0.15, 0.2) is 36.4 Å². The fourth-order valence-electron chi connectivity index (χ4n) is 1.57. The first-order valence-corrected chi connectivity index (χ1v) is 4.84. The molecule has 72 valence electrons. The Labute approximate surface area is 83.6 Å². The van der Waals surface area contributed by atoms with Crippen LogP contribution in [0.3, 0.4) is 0 Å². The van der Waals surface area contributed by atoms with Crippen LogP contribution in [0, 0.1) is 5.92 Å². The van der Waals surface area contributed by atoms with E-state index in [0.717, 1.165) is 6.54 Å². The standard InChI is InChI=1S/C12H13NO/c14-12-8-11(9-13-12)7-6-10-4-2-1-3-5-10/h1-7,11H,8-9H2,(H,13,14)/b7-6+. The van der Waals surface area contributed by atoms with Gasteiger partial charge in [-0.05, 0) is 5.56 Å². The lowest BCUT2D eigenvalue weighted by atomic mass is 10.1. The average molecular weight is 187 g/mol. The Bertz CT molecular complexity index is 343. The Balaban J connectivity index is 1.97. The van der Waals surface area contributed by atoms with Crippen molar-refractivity contribution in [1.29, 1.82) is 0 Å². The highest BCUT2D eigenvalue weighted by Crippen LogP contribution is 2.12. The summed E-state index contributed by atoms with van der Waals surface area (Å²) in [6, 6.07) is 10.1. The molecule has 1 aliphatic rings. The van der Waals surface area contributed by atoms with Gasteiger partial charge in [-0.2, -0.15) is 0 Å². The minimum absolute atomic E-state index is 0.160. The zero-order chi connectivity index (χ0) is 9.80. The molecule has 2 heteroatoms. The molecule has 14 heavy (non-hydrogen) atoms. The highest BCUT2D eigenvalue weighted by molar-refractivity contribution is 5.78. The van der Waals surface area contributed by atoms with Gasteiger partial charge in [0.25, 0.3) is 0 Å². The average Bonchev–Trinajstić information content (AvgIpc) is 2.63. The molecule has 0 spiro atoms. The second-order valence-electron chi connectivity index (χ2n) is 3.54. The molecule has 0 bridgehead atoms. The molecule has 0 aromatic heterocycles. The summed E-state index contributed by atoms with van der Waals surface area (Å²) < 4.78 is 0. The van der Waals surface area contributed by atoms with E-state index in [4.69, 9.17) is 0 Å². The second-order valence-corrected chi connectivity index (χ2v) is 3.54. The van der Waals surface area contributed by atoms with Crippen molar-refractivity contribution in [2.24, 2.45) is 5.92 Å². The van der Waals surface area contributed by atoms with Gasteiger partial charge in [0.15, 0.2) is 0 Å². The van der Waals surface area contributed by atoms with Crippen LogP contribution >= 0.6 is 0 Å². The van der Waals surface area contributed by atoms with E-state index in [-0.39, 0.29) is 5.91 Å². The van der Waals surface area contributed by atoms with E-state index in [2.05, 4.69) is 29.6 Å². The molecule has 1 fully saturated rings. The molecule has 1 aromatic carbocycles. The summed E-state index contributed by atoms with van der Waals surface area (Å²) in [4.78, 5) is 10.9. The summed E-state index contributed by atoms with van der Waals surface area (Å²) in [5, 5.41) is 2.82. The maximum Gasteiger partial charge on any atom is 0.220 e. The highest BCUT2D eigenvalue weighted by atomic mass is 16.1. The van der Waals surface area contributed by atoms with Gasteiger partial charge in [-0.25, -0.2) is 0 Å². The first-order valence-electron chi connectivity index (χ1n) is 4.84. The number of benzene rings is 1. The van der Waals surface area contributed by atoms with Crippen molar-refractivity contribution in [1.82, 2.24) is 5.32 Å². The maximum atomic E-state index is 10.9. The van der Waals surface area contributed by atoms with Crippen LogP contribution < -0.4 is 5.32 Å². The monoisotopic (exact) mass is 187 g/mol. The predicted octanol–water partition coefficient (Wildman–Crippen LogP) is 1.84. The second kappa shape index (κ2) is 4.09. The van der Waals surface area contributed by atoms with E-state index in [1.807, 2.05) is 18.2 Å². The third-order valence-electron chi connectivity index (χ3n) is 2.37. The molecule has 0 saturated carbocycles. The highest BCUT2D eigenvalue weighted by Gasteiger charge is 2.18. The predicted molar refractivity (Wildman–Crippen MR) is 56.6 cm³/mol. The van der Waals surface area contributed by atoms with E-state index >= 15 is 0 Å². The number of carbonyl (C=O) groups is 1. The fraction of sp³-hybridized carbons (Fsp3) is 0.250. The Hall–Kier alpha value is -1.57. The first-order chi connectivity index (χ1) is 6.84. The molecular formula is C12H13NO. The molecule has 1 aromatic rings. The molecule has 2 nitrogen and oxygen atoms in total. The summed E-state index contributed by atoms with van der Waals surface area (Å²) in [5.74, 6) is 0.524. The lowest BCUT2D eigenvalue weighted by molar-refractivity contribution is -0.119. The smallest absolute Gasteiger partial charge is 0.220 e. The molecule has 1 N–H and O–H groups in total. The molecule has 1 amide bonds. The van der Waals surface area contributed by atoms with Crippen LogP contribution in [0.5, 0.6) is 0 Å². The van der Waals surface area contributed by atoms with Crippen LogP contribution in [0.25, 0.3) is 6.08 Å². The number of nitrogens with one attached hydrogen (secondary N) is 1. The van der Waals surface area contributed by atoms with Crippen LogP contribution in [0.4, 0.5) is 0 Å². The number of amides is 1. The minimum Gasteiger partial charge on any atom is -0.355 e. The quantitative estimate of drug-likeness (QED) is 0.752. The van der Waals surface area contributed by atoms with E-state index < -0.39 is 0 Å². The van der Waals surface area contributed by atoms with Crippen molar-refractivity contribution in [2.45, 2.75) is 6.42 Å². The molecule has 1 saturated heterocycles. The lowest BCUT2D eigenvalue weighted by Gasteiger charge is -1.97. The number of carbonyl (C=O) groups excluding carboxylic acids is 1. The molecule has 2 rings (SSSR count). The third kappa shape index (κ3) is 2.22. The Morgan fingerprint density at radius 2 is 2.07 bits per heavy atom. The van der Waals surface area contributed by atoms with E-state index in [1.54, 1.807) is 0 Å². The van der Waals surface area contributed by atoms with Crippen LogP contribution in [0.1, 0.15) is 12.0 Å².